The Balaban J connectivity index is 2.59. The number of phenols is 1. The number of aromatic hydroxyl groups is 1. The van der Waals surface area contributed by atoms with Crippen molar-refractivity contribution in [2.75, 3.05) is 6.61 Å². The largest absolute Gasteiger partial charge is 0.508 e. The molecule has 0 saturated heterocycles. The topological polar surface area (TPSA) is 59.7 Å². The van der Waals surface area contributed by atoms with E-state index < -0.39 is 5.97 Å². The summed E-state index contributed by atoms with van der Waals surface area (Å²) in [4.78, 5) is 12.1. The van der Waals surface area contributed by atoms with Crippen molar-refractivity contribution in [3.05, 3.63) is 29.5 Å². The van der Waals surface area contributed by atoms with E-state index in [4.69, 9.17) is 9.15 Å². The van der Waals surface area contributed by atoms with Crippen LogP contribution in [0, 0.1) is 5.92 Å². The van der Waals surface area contributed by atoms with E-state index in [2.05, 4.69) is 13.8 Å². The molecule has 0 aliphatic carbocycles. The molecule has 0 spiro atoms. The maximum absolute atomic E-state index is 12.1. The number of ether oxygens (including phenoxy) is 1. The highest BCUT2D eigenvalue weighted by Gasteiger charge is 2.22. The minimum absolute atomic E-state index is 0.106. The van der Waals surface area contributed by atoms with Crippen molar-refractivity contribution in [1.29, 1.82) is 0 Å². The Labute approximate surface area is 112 Å². The number of carbonyl (C=O) groups is 1. The van der Waals surface area contributed by atoms with E-state index in [0.29, 0.717) is 41.2 Å². The fourth-order valence-corrected chi connectivity index (χ4v) is 2.08. The Bertz CT molecular complexity index is 595. The molecule has 19 heavy (non-hydrogen) atoms. The van der Waals surface area contributed by atoms with Crippen molar-refractivity contribution in [3.8, 4) is 5.75 Å². The summed E-state index contributed by atoms with van der Waals surface area (Å²) in [6, 6.07) is 4.74. The Hall–Kier alpha value is -1.97. The van der Waals surface area contributed by atoms with Gasteiger partial charge in [0.2, 0.25) is 0 Å². The lowest BCUT2D eigenvalue weighted by atomic mass is 10.0. The Morgan fingerprint density at radius 2 is 2.16 bits per heavy atom. The van der Waals surface area contributed by atoms with Gasteiger partial charge in [-0.2, -0.15) is 0 Å². The quantitative estimate of drug-likeness (QED) is 0.856. The van der Waals surface area contributed by atoms with Crippen molar-refractivity contribution in [2.24, 2.45) is 5.92 Å². The third-order valence-electron chi connectivity index (χ3n) is 2.82. The van der Waals surface area contributed by atoms with E-state index in [0.717, 1.165) is 0 Å². The molecule has 0 saturated carbocycles. The highest BCUT2D eigenvalue weighted by molar-refractivity contribution is 6.05. The fourth-order valence-electron chi connectivity index (χ4n) is 2.08. The number of hydrogen-bond donors (Lipinski definition) is 1. The van der Waals surface area contributed by atoms with Gasteiger partial charge in [-0.15, -0.1) is 0 Å². The van der Waals surface area contributed by atoms with Gasteiger partial charge >= 0.3 is 5.97 Å². The van der Waals surface area contributed by atoms with Gasteiger partial charge < -0.3 is 14.3 Å². The molecule has 2 rings (SSSR count). The zero-order valence-electron chi connectivity index (χ0n) is 11.4. The van der Waals surface area contributed by atoms with Crippen molar-refractivity contribution in [1.82, 2.24) is 0 Å². The first-order valence-corrected chi connectivity index (χ1v) is 6.44. The number of benzene rings is 1. The van der Waals surface area contributed by atoms with E-state index >= 15 is 0 Å². The van der Waals surface area contributed by atoms with Crippen LogP contribution in [-0.2, 0) is 11.2 Å². The molecule has 0 bridgehead atoms. The van der Waals surface area contributed by atoms with Crippen LogP contribution in [0.25, 0.3) is 11.0 Å². The number of rotatable bonds is 4. The molecule has 1 heterocycles. The van der Waals surface area contributed by atoms with Crippen molar-refractivity contribution < 1.29 is 19.1 Å². The van der Waals surface area contributed by atoms with E-state index in [1.165, 1.54) is 6.07 Å². The molecule has 0 fully saturated rings. The first-order valence-electron chi connectivity index (χ1n) is 6.44. The molecule has 0 aliphatic heterocycles. The molecule has 102 valence electrons. The van der Waals surface area contributed by atoms with E-state index in [-0.39, 0.29) is 5.75 Å². The van der Waals surface area contributed by atoms with E-state index in [1.807, 2.05) is 0 Å². The Morgan fingerprint density at radius 1 is 1.42 bits per heavy atom. The van der Waals surface area contributed by atoms with E-state index in [1.54, 1.807) is 19.1 Å². The summed E-state index contributed by atoms with van der Waals surface area (Å²) in [5, 5.41) is 10.2. The third-order valence-corrected chi connectivity index (χ3v) is 2.82. The van der Waals surface area contributed by atoms with Crippen LogP contribution in [0.4, 0.5) is 0 Å². The Kier molecular flexibility index (Phi) is 3.79. The first-order chi connectivity index (χ1) is 9.02. The molecule has 2 aromatic rings. The highest BCUT2D eigenvalue weighted by Crippen LogP contribution is 2.31. The van der Waals surface area contributed by atoms with Crippen molar-refractivity contribution >= 4 is 16.9 Å². The molecule has 1 N–H and O–H groups in total. The zero-order chi connectivity index (χ0) is 14.0. The van der Waals surface area contributed by atoms with Crippen molar-refractivity contribution in [2.45, 2.75) is 27.2 Å². The van der Waals surface area contributed by atoms with Gasteiger partial charge in [-0.3, -0.25) is 0 Å². The molecule has 0 aliphatic rings. The Morgan fingerprint density at radius 3 is 2.79 bits per heavy atom. The third kappa shape index (κ3) is 2.72. The van der Waals surface area contributed by atoms with Crippen LogP contribution in [0.15, 0.2) is 22.6 Å². The van der Waals surface area contributed by atoms with Crippen LogP contribution < -0.4 is 0 Å². The summed E-state index contributed by atoms with van der Waals surface area (Å²) in [7, 11) is 0. The van der Waals surface area contributed by atoms with Gasteiger partial charge in [0.25, 0.3) is 0 Å². The number of phenolic OH excluding ortho intramolecular Hbond substituents is 1. The van der Waals surface area contributed by atoms with Gasteiger partial charge in [0.15, 0.2) is 0 Å². The summed E-state index contributed by atoms with van der Waals surface area (Å²) in [6.45, 7) is 6.18. The lowest BCUT2D eigenvalue weighted by Gasteiger charge is -2.05. The lowest BCUT2D eigenvalue weighted by Crippen LogP contribution is -2.08. The number of hydrogen-bond acceptors (Lipinski definition) is 4. The average molecular weight is 262 g/mol. The number of furan rings is 1. The van der Waals surface area contributed by atoms with Gasteiger partial charge in [-0.1, -0.05) is 13.8 Å². The second-order valence-electron chi connectivity index (χ2n) is 4.90. The molecule has 1 aromatic carbocycles. The lowest BCUT2D eigenvalue weighted by molar-refractivity contribution is 0.0525. The van der Waals surface area contributed by atoms with Crippen LogP contribution in [0.2, 0.25) is 0 Å². The molecular formula is C15H18O4. The van der Waals surface area contributed by atoms with Crippen LogP contribution in [0.5, 0.6) is 5.75 Å². The minimum atomic E-state index is -0.400. The monoisotopic (exact) mass is 262 g/mol. The number of esters is 1. The van der Waals surface area contributed by atoms with Crippen LogP contribution >= 0.6 is 0 Å². The molecular weight excluding hydrogens is 244 g/mol. The summed E-state index contributed by atoms with van der Waals surface area (Å²) in [6.07, 6.45) is 0.656. The van der Waals surface area contributed by atoms with Gasteiger partial charge in [-0.25, -0.2) is 4.79 Å². The van der Waals surface area contributed by atoms with Gasteiger partial charge in [0.05, 0.1) is 6.61 Å². The molecule has 0 amide bonds. The summed E-state index contributed by atoms with van der Waals surface area (Å²) in [5.74, 6) is 0.689. The molecule has 4 heteroatoms. The SMILES string of the molecule is CCOC(=O)c1c(CC(C)C)oc2ccc(O)cc12. The van der Waals surface area contributed by atoms with E-state index in [9.17, 15) is 9.90 Å². The standard InChI is InChI=1S/C15H18O4/c1-4-18-15(17)14-11-8-10(16)5-6-12(11)19-13(14)7-9(2)3/h5-6,8-9,16H,4,7H2,1-3H3. The summed E-state index contributed by atoms with van der Waals surface area (Å²) >= 11 is 0. The fraction of sp³-hybridized carbons (Fsp3) is 0.400. The smallest absolute Gasteiger partial charge is 0.342 e. The number of fused-ring (bicyclic) bond motifs is 1. The van der Waals surface area contributed by atoms with Gasteiger partial charge in [-0.05, 0) is 31.0 Å². The zero-order valence-corrected chi connectivity index (χ0v) is 11.4. The molecule has 1 aromatic heterocycles. The van der Waals surface area contributed by atoms with Gasteiger partial charge in [0.1, 0.15) is 22.7 Å². The summed E-state index contributed by atoms with van der Waals surface area (Å²) < 4.78 is 10.8. The summed E-state index contributed by atoms with van der Waals surface area (Å²) in [5.41, 5.74) is 1.03. The normalized spacial score (nSPS) is 11.2. The molecule has 0 unspecified atom stereocenters. The van der Waals surface area contributed by atoms with Crippen LogP contribution in [0.3, 0.4) is 0 Å². The first kappa shape index (κ1) is 13.5. The maximum atomic E-state index is 12.1. The molecule has 0 atom stereocenters. The highest BCUT2D eigenvalue weighted by atomic mass is 16.5. The van der Waals surface area contributed by atoms with Crippen LogP contribution in [-0.4, -0.2) is 17.7 Å². The van der Waals surface area contributed by atoms with Gasteiger partial charge in [0, 0.05) is 11.8 Å². The van der Waals surface area contributed by atoms with Crippen molar-refractivity contribution in [3.63, 3.8) is 0 Å². The maximum Gasteiger partial charge on any atom is 0.342 e. The molecule has 4 nitrogen and oxygen atoms in total. The number of carbonyl (C=O) groups excluding carboxylic acids is 1. The predicted molar refractivity (Wildman–Crippen MR) is 72.4 cm³/mol. The molecule has 0 radical (unpaired) electrons. The van der Waals surface area contributed by atoms with Crippen LogP contribution in [0.1, 0.15) is 36.9 Å². The second kappa shape index (κ2) is 5.34. The predicted octanol–water partition coefficient (Wildman–Crippen LogP) is 3.51. The minimum Gasteiger partial charge on any atom is -0.508 e. The second-order valence-corrected chi connectivity index (χ2v) is 4.90. The average Bonchev–Trinajstić information content (AvgIpc) is 2.65.